The summed E-state index contributed by atoms with van der Waals surface area (Å²) in [5.74, 6) is -0.427. The molecule has 0 saturated heterocycles. The fourth-order valence-electron chi connectivity index (χ4n) is 1.86. The second-order valence-corrected chi connectivity index (χ2v) is 5.06. The number of carbonyl (C=O) groups is 1. The average molecular weight is 348 g/mol. The first-order valence-corrected chi connectivity index (χ1v) is 7.21. The third-order valence-electron chi connectivity index (χ3n) is 3.00. The van der Waals surface area contributed by atoms with Gasteiger partial charge in [0.25, 0.3) is 6.43 Å². The number of hydrogen-bond acceptors (Lipinski definition) is 4. The first-order valence-electron chi connectivity index (χ1n) is 6.83. The Labute approximate surface area is 136 Å². The molecule has 0 unspecified atom stereocenters. The summed E-state index contributed by atoms with van der Waals surface area (Å²) in [5.41, 5.74) is 0.255. The van der Waals surface area contributed by atoms with Crippen LogP contribution in [0.2, 0.25) is 5.02 Å². The minimum absolute atomic E-state index is 0.127. The fraction of sp³-hybridized carbons (Fsp3) is 0.462. The highest BCUT2D eigenvalue weighted by Gasteiger charge is 2.21. The molecule has 126 valence electrons. The van der Waals surface area contributed by atoms with E-state index in [1.807, 2.05) is 6.92 Å². The Morgan fingerprint density at radius 2 is 2.26 bits per heavy atom. The molecule has 7 nitrogen and oxygen atoms in total. The van der Waals surface area contributed by atoms with Crippen LogP contribution in [0.15, 0.2) is 12.4 Å². The Hall–Kier alpha value is -2.00. The second kappa shape index (κ2) is 7.51. The van der Waals surface area contributed by atoms with E-state index in [0.717, 1.165) is 4.68 Å². The van der Waals surface area contributed by atoms with Gasteiger partial charge >= 0.3 is 0 Å². The summed E-state index contributed by atoms with van der Waals surface area (Å²) in [7, 11) is 0. The van der Waals surface area contributed by atoms with Crippen molar-refractivity contribution in [2.24, 2.45) is 0 Å². The van der Waals surface area contributed by atoms with Crippen LogP contribution in [0, 0.1) is 6.92 Å². The molecule has 0 aliphatic carbocycles. The van der Waals surface area contributed by atoms with Gasteiger partial charge in [-0.15, -0.1) is 0 Å². The van der Waals surface area contributed by atoms with E-state index in [9.17, 15) is 13.6 Å². The average Bonchev–Trinajstić information content (AvgIpc) is 3.04. The van der Waals surface area contributed by atoms with Crippen molar-refractivity contribution in [3.05, 3.63) is 28.8 Å². The van der Waals surface area contributed by atoms with Crippen molar-refractivity contribution in [1.82, 2.24) is 19.6 Å². The number of amides is 1. The molecule has 0 radical (unpaired) electrons. The van der Waals surface area contributed by atoms with Gasteiger partial charge in [0.05, 0.1) is 28.8 Å². The zero-order chi connectivity index (χ0) is 17.0. The molecule has 1 amide bonds. The molecule has 0 aliphatic rings. The van der Waals surface area contributed by atoms with E-state index >= 15 is 0 Å². The van der Waals surface area contributed by atoms with Gasteiger partial charge in [-0.25, -0.2) is 13.5 Å². The van der Waals surface area contributed by atoms with E-state index < -0.39 is 18.0 Å². The molecule has 0 aromatic carbocycles. The Morgan fingerprint density at radius 1 is 1.52 bits per heavy atom. The lowest BCUT2D eigenvalue weighted by molar-refractivity contribution is -0.117. The number of nitrogens with zero attached hydrogens (tertiary/aromatic N) is 4. The van der Waals surface area contributed by atoms with Crippen molar-refractivity contribution < 1.29 is 18.3 Å². The molecule has 10 heteroatoms. The smallest absolute Gasteiger partial charge is 0.283 e. The quantitative estimate of drug-likeness (QED) is 0.835. The monoisotopic (exact) mass is 347 g/mol. The topological polar surface area (TPSA) is 74.0 Å². The van der Waals surface area contributed by atoms with E-state index in [-0.39, 0.29) is 18.3 Å². The van der Waals surface area contributed by atoms with Gasteiger partial charge < -0.3 is 10.1 Å². The van der Waals surface area contributed by atoms with Gasteiger partial charge in [-0.3, -0.25) is 9.48 Å². The molecule has 0 aliphatic heterocycles. The number of rotatable bonds is 7. The number of carbonyl (C=O) groups excluding carboxylic acids is 1. The number of nitrogens with one attached hydrogen (secondary N) is 1. The Morgan fingerprint density at radius 3 is 2.87 bits per heavy atom. The molecular formula is C13H16ClF2N5O2. The van der Waals surface area contributed by atoms with E-state index in [2.05, 4.69) is 15.5 Å². The zero-order valence-corrected chi connectivity index (χ0v) is 13.3. The molecule has 2 aromatic rings. The molecule has 0 fully saturated rings. The van der Waals surface area contributed by atoms with E-state index in [0.29, 0.717) is 18.0 Å². The van der Waals surface area contributed by atoms with E-state index in [4.69, 9.17) is 16.3 Å². The SMILES string of the molecule is CCOCn1cc(NC(=O)Cn2nc(C(F)F)c(Cl)c2C)cn1. The van der Waals surface area contributed by atoms with Crippen LogP contribution in [0.5, 0.6) is 0 Å². The number of halogens is 3. The number of aromatic nitrogens is 4. The highest BCUT2D eigenvalue weighted by Crippen LogP contribution is 2.28. The van der Waals surface area contributed by atoms with Crippen LogP contribution in [0.1, 0.15) is 24.7 Å². The fourth-order valence-corrected chi connectivity index (χ4v) is 2.08. The highest BCUT2D eigenvalue weighted by atomic mass is 35.5. The van der Waals surface area contributed by atoms with Gasteiger partial charge in [-0.05, 0) is 13.8 Å². The van der Waals surface area contributed by atoms with Crippen LogP contribution in [0.25, 0.3) is 0 Å². The molecule has 0 saturated carbocycles. The lowest BCUT2D eigenvalue weighted by Gasteiger charge is -2.05. The maximum absolute atomic E-state index is 12.7. The minimum Gasteiger partial charge on any atom is -0.360 e. The lowest BCUT2D eigenvalue weighted by Crippen LogP contribution is -2.20. The molecule has 1 N–H and O–H groups in total. The van der Waals surface area contributed by atoms with Crippen molar-refractivity contribution in [2.75, 3.05) is 11.9 Å². The van der Waals surface area contributed by atoms with Crippen molar-refractivity contribution >= 4 is 23.2 Å². The Kier molecular flexibility index (Phi) is 5.67. The van der Waals surface area contributed by atoms with Crippen LogP contribution in [-0.2, 0) is 22.8 Å². The predicted molar refractivity (Wildman–Crippen MR) is 79.4 cm³/mol. The molecule has 0 atom stereocenters. The Balaban J connectivity index is 2.00. The zero-order valence-electron chi connectivity index (χ0n) is 12.6. The van der Waals surface area contributed by atoms with Gasteiger partial charge in [0.15, 0.2) is 0 Å². The van der Waals surface area contributed by atoms with E-state index in [1.54, 1.807) is 6.20 Å². The summed E-state index contributed by atoms with van der Waals surface area (Å²) >= 11 is 5.78. The highest BCUT2D eigenvalue weighted by molar-refractivity contribution is 6.31. The largest absolute Gasteiger partial charge is 0.360 e. The second-order valence-electron chi connectivity index (χ2n) is 4.68. The third kappa shape index (κ3) is 4.26. The van der Waals surface area contributed by atoms with Crippen molar-refractivity contribution in [3.8, 4) is 0 Å². The number of ether oxygens (including phenoxy) is 1. The van der Waals surface area contributed by atoms with Crippen molar-refractivity contribution in [3.63, 3.8) is 0 Å². The lowest BCUT2D eigenvalue weighted by atomic mass is 10.4. The standard InChI is InChI=1S/C13H16ClF2N5O2/c1-3-23-7-20-5-9(4-17-20)18-10(22)6-21-8(2)11(14)12(19-21)13(15)16/h4-5,13H,3,6-7H2,1-2H3,(H,18,22). The van der Waals surface area contributed by atoms with Gasteiger partial charge in [-0.1, -0.05) is 11.6 Å². The molecule has 0 spiro atoms. The van der Waals surface area contributed by atoms with Gasteiger partial charge in [0, 0.05) is 6.61 Å². The molecule has 0 bridgehead atoms. The summed E-state index contributed by atoms with van der Waals surface area (Å²) in [5, 5.41) is 10.2. The van der Waals surface area contributed by atoms with Crippen molar-refractivity contribution in [2.45, 2.75) is 33.5 Å². The van der Waals surface area contributed by atoms with Crippen LogP contribution in [-0.4, -0.2) is 32.1 Å². The first-order chi connectivity index (χ1) is 10.9. The molecule has 2 heterocycles. The van der Waals surface area contributed by atoms with E-state index in [1.165, 1.54) is 17.8 Å². The van der Waals surface area contributed by atoms with Crippen LogP contribution < -0.4 is 5.32 Å². The van der Waals surface area contributed by atoms with Crippen molar-refractivity contribution in [1.29, 1.82) is 0 Å². The summed E-state index contributed by atoms with van der Waals surface area (Å²) in [4.78, 5) is 12.0. The number of alkyl halides is 2. The summed E-state index contributed by atoms with van der Waals surface area (Å²) in [6, 6.07) is 0. The molecule has 2 rings (SSSR count). The first kappa shape index (κ1) is 17.4. The maximum atomic E-state index is 12.7. The number of hydrogen-bond donors (Lipinski definition) is 1. The number of anilines is 1. The molecule has 23 heavy (non-hydrogen) atoms. The van der Waals surface area contributed by atoms with Crippen LogP contribution in [0.3, 0.4) is 0 Å². The van der Waals surface area contributed by atoms with Gasteiger partial charge in [0.2, 0.25) is 5.91 Å². The van der Waals surface area contributed by atoms with Crippen LogP contribution >= 0.6 is 11.6 Å². The summed E-state index contributed by atoms with van der Waals surface area (Å²) < 4.78 is 33.3. The van der Waals surface area contributed by atoms with Gasteiger partial charge in [0.1, 0.15) is 19.0 Å². The maximum Gasteiger partial charge on any atom is 0.283 e. The summed E-state index contributed by atoms with van der Waals surface area (Å²) in [6.45, 7) is 3.98. The Bertz CT molecular complexity index is 686. The van der Waals surface area contributed by atoms with Gasteiger partial charge in [-0.2, -0.15) is 10.2 Å². The summed E-state index contributed by atoms with van der Waals surface area (Å²) in [6.07, 6.45) is 0.271. The molecular weight excluding hydrogens is 332 g/mol. The normalized spacial score (nSPS) is 11.2. The predicted octanol–water partition coefficient (Wildman–Crippen LogP) is 2.61. The molecule has 2 aromatic heterocycles. The van der Waals surface area contributed by atoms with Crippen LogP contribution in [0.4, 0.5) is 14.5 Å². The minimum atomic E-state index is -2.79. The third-order valence-corrected chi connectivity index (χ3v) is 3.47.